The maximum atomic E-state index is 13.0. The molecule has 1 saturated carbocycles. The number of rotatable bonds is 5. The molecular weight excluding hydrogens is 441 g/mol. The first-order valence-corrected chi connectivity index (χ1v) is 10.6. The van der Waals surface area contributed by atoms with Crippen molar-refractivity contribution in [3.05, 3.63) is 57.3 Å². The number of carboxylic acid groups (broad SMARTS) is 1. The number of aromatic nitrogens is 1. The van der Waals surface area contributed by atoms with Gasteiger partial charge in [-0.2, -0.15) is 0 Å². The van der Waals surface area contributed by atoms with Crippen LogP contribution in [-0.4, -0.2) is 46.0 Å². The van der Waals surface area contributed by atoms with Gasteiger partial charge in [0.05, 0.1) is 15.6 Å². The number of benzene rings is 1. The van der Waals surface area contributed by atoms with Gasteiger partial charge in [-0.1, -0.05) is 35.3 Å². The smallest absolute Gasteiger partial charge is 0.328 e. The van der Waals surface area contributed by atoms with Crippen LogP contribution in [0.1, 0.15) is 40.7 Å². The zero-order chi connectivity index (χ0) is 22.1. The van der Waals surface area contributed by atoms with Gasteiger partial charge in [-0.25, -0.2) is 4.79 Å². The summed E-state index contributed by atoms with van der Waals surface area (Å²) in [5, 5.41) is 9.95. The van der Waals surface area contributed by atoms with E-state index in [1.807, 2.05) is 12.1 Å². The topological polar surface area (TPSA) is 99.9 Å². The second kappa shape index (κ2) is 8.77. The van der Waals surface area contributed by atoms with Crippen LogP contribution in [0.4, 0.5) is 5.69 Å². The predicted molar refractivity (Wildman–Crippen MR) is 118 cm³/mol. The Hall–Kier alpha value is -2.77. The number of aliphatic imine (C=N–C) groups is 1. The molecule has 0 bridgehead atoms. The first-order chi connectivity index (χ1) is 14.8. The number of carboxylic acids is 1. The fourth-order valence-corrected chi connectivity index (χ4v) is 4.50. The van der Waals surface area contributed by atoms with Gasteiger partial charge in [0.15, 0.2) is 6.04 Å². The van der Waals surface area contributed by atoms with Crippen molar-refractivity contribution in [2.75, 3.05) is 11.4 Å². The monoisotopic (exact) mass is 459 g/mol. The molecule has 4 rings (SSSR count). The number of carbonyl (C=O) groups excluding carboxylic acids is 2. The number of carbonyl (C=O) groups is 3. The van der Waals surface area contributed by atoms with E-state index in [-0.39, 0.29) is 40.1 Å². The summed E-state index contributed by atoms with van der Waals surface area (Å²) in [6.07, 6.45) is 4.82. The van der Waals surface area contributed by atoms with E-state index in [2.05, 4.69) is 9.98 Å². The lowest BCUT2D eigenvalue weighted by Gasteiger charge is -2.19. The lowest BCUT2D eigenvalue weighted by atomic mass is 10.0. The molecule has 1 aliphatic carbocycles. The van der Waals surface area contributed by atoms with Crippen molar-refractivity contribution in [3.8, 4) is 0 Å². The molecule has 31 heavy (non-hydrogen) atoms. The number of pyridine rings is 1. The maximum Gasteiger partial charge on any atom is 0.328 e. The molecular formula is C22H19Cl2N3O4. The minimum atomic E-state index is -1.02. The minimum Gasteiger partial charge on any atom is -0.480 e. The Kier molecular flexibility index (Phi) is 6.07. The summed E-state index contributed by atoms with van der Waals surface area (Å²) < 4.78 is 0. The summed E-state index contributed by atoms with van der Waals surface area (Å²) in [5.74, 6) is -1.23. The third-order valence-corrected chi connectivity index (χ3v) is 6.07. The minimum absolute atomic E-state index is 0.0968. The second-order valence-corrected chi connectivity index (χ2v) is 8.43. The molecule has 2 aromatic rings. The number of Topliss-reactive ketones (excluding diaryl/α,β-unsaturated/α-hetero) is 1. The van der Waals surface area contributed by atoms with Crippen LogP contribution < -0.4 is 4.90 Å². The third kappa shape index (κ3) is 4.48. The summed E-state index contributed by atoms with van der Waals surface area (Å²) in [6.45, 7) is 0.472. The second-order valence-electron chi connectivity index (χ2n) is 7.62. The van der Waals surface area contributed by atoms with Crippen molar-refractivity contribution >= 4 is 52.3 Å². The molecule has 1 aromatic heterocycles. The summed E-state index contributed by atoms with van der Waals surface area (Å²) >= 11 is 12.3. The number of anilines is 1. The highest BCUT2D eigenvalue weighted by atomic mass is 35.5. The first-order valence-electron chi connectivity index (χ1n) is 9.86. The highest BCUT2D eigenvalue weighted by Crippen LogP contribution is 2.33. The van der Waals surface area contributed by atoms with Crippen molar-refractivity contribution in [3.63, 3.8) is 0 Å². The van der Waals surface area contributed by atoms with Crippen LogP contribution in [-0.2, 0) is 22.4 Å². The Morgan fingerprint density at radius 1 is 1.16 bits per heavy atom. The highest BCUT2D eigenvalue weighted by molar-refractivity contribution is 6.40. The normalized spacial score (nSPS) is 17.8. The van der Waals surface area contributed by atoms with E-state index in [0.717, 1.165) is 16.8 Å². The molecule has 160 valence electrons. The molecule has 1 atom stereocenters. The van der Waals surface area contributed by atoms with E-state index in [1.54, 1.807) is 11.0 Å². The average molecular weight is 460 g/mol. The molecule has 1 fully saturated rings. The van der Waals surface area contributed by atoms with Crippen LogP contribution in [0.25, 0.3) is 0 Å². The van der Waals surface area contributed by atoms with Crippen molar-refractivity contribution in [2.24, 2.45) is 4.99 Å². The molecule has 1 unspecified atom stereocenters. The van der Waals surface area contributed by atoms with Crippen LogP contribution in [0.3, 0.4) is 0 Å². The van der Waals surface area contributed by atoms with E-state index >= 15 is 0 Å². The molecule has 0 spiro atoms. The fourth-order valence-electron chi connectivity index (χ4n) is 3.97. The van der Waals surface area contributed by atoms with Gasteiger partial charge in [-0.15, -0.1) is 0 Å². The van der Waals surface area contributed by atoms with Gasteiger partial charge in [0.2, 0.25) is 0 Å². The van der Waals surface area contributed by atoms with Crippen molar-refractivity contribution in [2.45, 2.75) is 38.1 Å². The summed E-state index contributed by atoms with van der Waals surface area (Å²) in [6, 6.07) is 4.58. The number of nitrogens with zero attached hydrogens (tertiary/aromatic N) is 3. The van der Waals surface area contributed by atoms with Gasteiger partial charge in [0.1, 0.15) is 5.78 Å². The number of halogens is 2. The number of aliphatic carboxylic acids is 1. The highest BCUT2D eigenvalue weighted by Gasteiger charge is 2.29. The average Bonchev–Trinajstić information content (AvgIpc) is 3.32. The van der Waals surface area contributed by atoms with Crippen LogP contribution in [0, 0.1) is 0 Å². The first kappa shape index (κ1) is 21.5. The maximum absolute atomic E-state index is 13.0. The predicted octanol–water partition coefficient (Wildman–Crippen LogP) is 3.78. The summed E-state index contributed by atoms with van der Waals surface area (Å²) in [7, 11) is 0. The molecule has 0 radical (unpaired) electrons. The Bertz CT molecular complexity index is 1100. The van der Waals surface area contributed by atoms with Crippen LogP contribution in [0.5, 0.6) is 0 Å². The molecule has 0 saturated heterocycles. The Labute approximate surface area is 188 Å². The Morgan fingerprint density at radius 2 is 1.90 bits per heavy atom. The van der Waals surface area contributed by atoms with Gasteiger partial charge >= 0.3 is 5.97 Å². The van der Waals surface area contributed by atoms with E-state index in [9.17, 15) is 19.5 Å². The fraction of sp³-hybridized carbons (Fsp3) is 0.318. The molecule has 1 aromatic carbocycles. The van der Waals surface area contributed by atoms with E-state index < -0.39 is 12.0 Å². The van der Waals surface area contributed by atoms with Gasteiger partial charge in [0.25, 0.3) is 5.91 Å². The lowest BCUT2D eigenvalue weighted by Crippen LogP contribution is -2.29. The quantitative estimate of drug-likeness (QED) is 0.732. The third-order valence-electron chi connectivity index (χ3n) is 5.50. The molecule has 7 nitrogen and oxygen atoms in total. The molecule has 1 N–H and O–H groups in total. The number of amides is 1. The standard InChI is InChI=1S/C22H19Cl2N3O4/c23-16-10-25-11-17(24)20(16)21(29)27-6-5-13-7-12(1-4-19(13)27)8-18(22(30)31)26-14-2-3-15(28)9-14/h1,4,7,10-11,18H,2-3,5-6,8-9H2,(H,30,31). The molecule has 1 aliphatic heterocycles. The molecule has 1 amide bonds. The van der Waals surface area contributed by atoms with E-state index in [4.69, 9.17) is 23.2 Å². The van der Waals surface area contributed by atoms with Crippen molar-refractivity contribution in [1.82, 2.24) is 4.98 Å². The lowest BCUT2D eigenvalue weighted by molar-refractivity contribution is -0.138. The number of hydrogen-bond donors (Lipinski definition) is 1. The van der Waals surface area contributed by atoms with Crippen LogP contribution >= 0.6 is 23.2 Å². The van der Waals surface area contributed by atoms with Crippen molar-refractivity contribution in [1.29, 1.82) is 0 Å². The SMILES string of the molecule is O=C1CCC(=NC(Cc2ccc3c(c2)CCN3C(=O)c2c(Cl)cncc2Cl)C(=O)O)C1. The largest absolute Gasteiger partial charge is 0.480 e. The Morgan fingerprint density at radius 3 is 2.55 bits per heavy atom. The zero-order valence-electron chi connectivity index (χ0n) is 16.5. The Balaban J connectivity index is 1.55. The van der Waals surface area contributed by atoms with Gasteiger partial charge in [0, 0.05) is 49.6 Å². The molecule has 2 heterocycles. The van der Waals surface area contributed by atoms with Crippen molar-refractivity contribution < 1.29 is 19.5 Å². The summed E-state index contributed by atoms with van der Waals surface area (Å²) in [4.78, 5) is 46.0. The van der Waals surface area contributed by atoms with Crippen LogP contribution in [0.2, 0.25) is 10.0 Å². The number of fused-ring (bicyclic) bond motifs is 1. The van der Waals surface area contributed by atoms with Gasteiger partial charge in [-0.05, 0) is 30.0 Å². The summed E-state index contributed by atoms with van der Waals surface area (Å²) in [5.41, 5.74) is 3.37. The number of ketones is 1. The van der Waals surface area contributed by atoms with E-state index in [0.29, 0.717) is 31.5 Å². The van der Waals surface area contributed by atoms with Gasteiger partial charge in [-0.3, -0.25) is 19.6 Å². The van der Waals surface area contributed by atoms with Gasteiger partial charge < -0.3 is 10.0 Å². The molecule has 9 heteroatoms. The van der Waals surface area contributed by atoms with E-state index in [1.165, 1.54) is 12.4 Å². The molecule has 2 aliphatic rings. The number of hydrogen-bond acceptors (Lipinski definition) is 5. The zero-order valence-corrected chi connectivity index (χ0v) is 18.0. The van der Waals surface area contributed by atoms with Crippen LogP contribution in [0.15, 0.2) is 35.6 Å².